The number of hydrogen-bond acceptors (Lipinski definition) is 6. The van der Waals surface area contributed by atoms with Crippen molar-refractivity contribution in [2.24, 2.45) is 0 Å². The van der Waals surface area contributed by atoms with E-state index in [4.69, 9.17) is 9.15 Å². The molecule has 3 rings (SSSR count). The molecule has 26 heavy (non-hydrogen) atoms. The molecule has 1 saturated heterocycles. The van der Waals surface area contributed by atoms with E-state index in [1.807, 2.05) is 0 Å². The minimum absolute atomic E-state index is 0.101. The van der Waals surface area contributed by atoms with Crippen LogP contribution in [0.4, 0.5) is 5.69 Å². The second-order valence-corrected chi connectivity index (χ2v) is 7.70. The van der Waals surface area contributed by atoms with Gasteiger partial charge in [-0.2, -0.15) is 0 Å². The number of carboxylic acids is 1. The number of nitrogens with one attached hydrogen (secondary N) is 2. The smallest absolute Gasteiger partial charge is 0.337 e. The number of aromatic carboxylic acids is 1. The molecule has 0 unspecified atom stereocenters. The minimum atomic E-state index is -3.82. The van der Waals surface area contributed by atoms with Gasteiger partial charge >= 0.3 is 5.97 Å². The average Bonchev–Trinajstić information content (AvgIpc) is 3.31. The highest BCUT2D eigenvalue weighted by molar-refractivity contribution is 7.89. The molecule has 8 nitrogen and oxygen atoms in total. The van der Waals surface area contributed by atoms with Gasteiger partial charge < -0.3 is 19.6 Å². The predicted octanol–water partition coefficient (Wildman–Crippen LogP) is 2.05. The lowest BCUT2D eigenvalue weighted by molar-refractivity contribution is 0.0697. The largest absolute Gasteiger partial charge is 0.478 e. The third-order valence-corrected chi connectivity index (χ3v) is 5.51. The summed E-state index contributed by atoms with van der Waals surface area (Å²) >= 11 is 0. The standard InChI is InChI=1S/C17H20N2O6S/c20-17(21)15-9-14(26(22,23)19-11-13-4-2-8-25-13)5-6-16(15)18-10-12-3-1-7-24-12/h1,3,5-7,9,13,18-19H,2,4,8,10-11H2,(H,20,21)/t13-/m0/s1. The maximum atomic E-state index is 12.4. The van der Waals surface area contributed by atoms with Crippen LogP contribution in [-0.4, -0.2) is 38.7 Å². The zero-order chi connectivity index (χ0) is 18.6. The zero-order valence-electron chi connectivity index (χ0n) is 14.0. The SMILES string of the molecule is O=C(O)c1cc(S(=O)(=O)NC[C@@H]2CCCO2)ccc1NCc1ccco1. The van der Waals surface area contributed by atoms with E-state index in [-0.39, 0.29) is 29.7 Å². The van der Waals surface area contributed by atoms with Crippen LogP contribution in [0.5, 0.6) is 0 Å². The summed E-state index contributed by atoms with van der Waals surface area (Å²) in [5, 5.41) is 12.4. The number of ether oxygens (including phenoxy) is 1. The normalized spacial score (nSPS) is 17.3. The van der Waals surface area contributed by atoms with Crippen LogP contribution in [0.1, 0.15) is 29.0 Å². The van der Waals surface area contributed by atoms with Crippen LogP contribution < -0.4 is 10.0 Å². The van der Waals surface area contributed by atoms with Gasteiger partial charge in [0, 0.05) is 18.8 Å². The van der Waals surface area contributed by atoms with Gasteiger partial charge in [-0.1, -0.05) is 0 Å². The first-order valence-electron chi connectivity index (χ1n) is 8.20. The Morgan fingerprint density at radius 1 is 1.31 bits per heavy atom. The molecule has 1 aliphatic heterocycles. The van der Waals surface area contributed by atoms with E-state index in [2.05, 4.69) is 10.0 Å². The summed E-state index contributed by atoms with van der Waals surface area (Å²) in [7, 11) is -3.82. The molecule has 0 aliphatic carbocycles. The van der Waals surface area contributed by atoms with Crippen LogP contribution in [0.3, 0.4) is 0 Å². The predicted molar refractivity (Wildman–Crippen MR) is 93.6 cm³/mol. The van der Waals surface area contributed by atoms with Crippen molar-refractivity contribution in [3.05, 3.63) is 47.9 Å². The van der Waals surface area contributed by atoms with Gasteiger partial charge in [-0.25, -0.2) is 17.9 Å². The Bertz CT molecular complexity index is 857. The summed E-state index contributed by atoms with van der Waals surface area (Å²) in [5.74, 6) is -0.584. The third-order valence-electron chi connectivity index (χ3n) is 4.09. The minimum Gasteiger partial charge on any atom is -0.478 e. The highest BCUT2D eigenvalue weighted by atomic mass is 32.2. The van der Waals surface area contributed by atoms with Gasteiger partial charge in [0.15, 0.2) is 0 Å². The number of benzene rings is 1. The molecule has 1 aromatic heterocycles. The van der Waals surface area contributed by atoms with Crippen molar-refractivity contribution < 1.29 is 27.5 Å². The first kappa shape index (κ1) is 18.4. The highest BCUT2D eigenvalue weighted by Crippen LogP contribution is 2.22. The number of rotatable bonds is 8. The summed E-state index contributed by atoms with van der Waals surface area (Å²) < 4.78 is 37.9. The van der Waals surface area contributed by atoms with Crippen molar-refractivity contribution in [3.8, 4) is 0 Å². The monoisotopic (exact) mass is 380 g/mol. The van der Waals surface area contributed by atoms with E-state index in [0.29, 0.717) is 18.1 Å². The number of carboxylic acid groups (broad SMARTS) is 1. The molecular weight excluding hydrogens is 360 g/mol. The quantitative estimate of drug-likeness (QED) is 0.641. The number of hydrogen-bond donors (Lipinski definition) is 3. The Morgan fingerprint density at radius 3 is 2.81 bits per heavy atom. The molecule has 2 aromatic rings. The Balaban J connectivity index is 1.75. The van der Waals surface area contributed by atoms with E-state index in [1.54, 1.807) is 12.1 Å². The van der Waals surface area contributed by atoms with Crippen LogP contribution in [0.25, 0.3) is 0 Å². The molecule has 9 heteroatoms. The summed E-state index contributed by atoms with van der Waals surface area (Å²) in [4.78, 5) is 11.4. The lowest BCUT2D eigenvalue weighted by Crippen LogP contribution is -2.32. The summed E-state index contributed by atoms with van der Waals surface area (Å²) in [6.45, 7) is 1.09. The van der Waals surface area contributed by atoms with Gasteiger partial charge in [-0.3, -0.25) is 0 Å². The molecule has 1 aromatic carbocycles. The number of furan rings is 1. The van der Waals surface area contributed by atoms with Crippen LogP contribution >= 0.6 is 0 Å². The van der Waals surface area contributed by atoms with Gasteiger partial charge in [-0.15, -0.1) is 0 Å². The van der Waals surface area contributed by atoms with Crippen molar-refractivity contribution in [1.82, 2.24) is 4.72 Å². The second-order valence-electron chi connectivity index (χ2n) is 5.93. The second kappa shape index (κ2) is 7.90. The van der Waals surface area contributed by atoms with Crippen molar-refractivity contribution in [3.63, 3.8) is 0 Å². The average molecular weight is 380 g/mol. The summed E-state index contributed by atoms with van der Waals surface area (Å²) in [6.07, 6.45) is 3.09. The fourth-order valence-electron chi connectivity index (χ4n) is 2.71. The first-order chi connectivity index (χ1) is 12.5. The maximum Gasteiger partial charge on any atom is 0.337 e. The van der Waals surface area contributed by atoms with Gasteiger partial charge in [0.25, 0.3) is 0 Å². The van der Waals surface area contributed by atoms with Crippen molar-refractivity contribution in [2.75, 3.05) is 18.5 Å². The lowest BCUT2D eigenvalue weighted by Gasteiger charge is -2.13. The van der Waals surface area contributed by atoms with E-state index < -0.39 is 16.0 Å². The Morgan fingerprint density at radius 2 is 2.15 bits per heavy atom. The molecule has 0 spiro atoms. The number of anilines is 1. The van der Waals surface area contributed by atoms with E-state index in [0.717, 1.165) is 18.9 Å². The van der Waals surface area contributed by atoms with Crippen molar-refractivity contribution >= 4 is 21.7 Å². The first-order valence-corrected chi connectivity index (χ1v) is 9.69. The van der Waals surface area contributed by atoms with E-state index in [9.17, 15) is 18.3 Å². The Labute approximate surface area is 151 Å². The number of carbonyl (C=O) groups is 1. The highest BCUT2D eigenvalue weighted by Gasteiger charge is 2.22. The molecule has 1 atom stereocenters. The molecule has 0 radical (unpaired) electrons. The molecule has 1 fully saturated rings. The summed E-state index contributed by atoms with van der Waals surface area (Å²) in [6, 6.07) is 7.43. The Kier molecular flexibility index (Phi) is 5.60. The molecule has 3 N–H and O–H groups in total. The molecule has 0 amide bonds. The van der Waals surface area contributed by atoms with Crippen LogP contribution in [-0.2, 0) is 21.3 Å². The van der Waals surface area contributed by atoms with E-state index >= 15 is 0 Å². The van der Waals surface area contributed by atoms with Crippen molar-refractivity contribution in [2.45, 2.75) is 30.4 Å². The summed E-state index contributed by atoms with van der Waals surface area (Å²) in [5.41, 5.74) is 0.184. The fraction of sp³-hybridized carbons (Fsp3) is 0.353. The fourth-order valence-corrected chi connectivity index (χ4v) is 3.80. The third kappa shape index (κ3) is 4.43. The molecule has 1 aliphatic rings. The molecular formula is C17H20N2O6S. The maximum absolute atomic E-state index is 12.4. The van der Waals surface area contributed by atoms with Crippen LogP contribution in [0.15, 0.2) is 45.9 Å². The molecule has 2 heterocycles. The van der Waals surface area contributed by atoms with Crippen LogP contribution in [0, 0.1) is 0 Å². The van der Waals surface area contributed by atoms with E-state index in [1.165, 1.54) is 18.4 Å². The van der Waals surface area contributed by atoms with Gasteiger partial charge in [-0.05, 0) is 43.2 Å². The number of sulfonamides is 1. The molecule has 0 saturated carbocycles. The zero-order valence-corrected chi connectivity index (χ0v) is 14.8. The lowest BCUT2D eigenvalue weighted by atomic mass is 10.2. The van der Waals surface area contributed by atoms with Gasteiger partial charge in [0.2, 0.25) is 10.0 Å². The molecule has 140 valence electrons. The topological polar surface area (TPSA) is 118 Å². The Hall–Kier alpha value is -2.36. The van der Waals surface area contributed by atoms with Crippen LogP contribution in [0.2, 0.25) is 0 Å². The van der Waals surface area contributed by atoms with Gasteiger partial charge in [0.05, 0.1) is 29.4 Å². The molecule has 0 bridgehead atoms. The van der Waals surface area contributed by atoms with Crippen molar-refractivity contribution in [1.29, 1.82) is 0 Å². The van der Waals surface area contributed by atoms with Gasteiger partial charge in [0.1, 0.15) is 5.76 Å².